The first kappa shape index (κ1) is 23.5. The molecular formula is C24H28ClN3O5. The number of aliphatic hydroxyl groups is 1. The summed E-state index contributed by atoms with van der Waals surface area (Å²) in [6.45, 7) is 4.83. The fourth-order valence-corrected chi connectivity index (χ4v) is 4.45. The van der Waals surface area contributed by atoms with E-state index in [0.717, 1.165) is 5.69 Å². The quantitative estimate of drug-likeness (QED) is 0.530. The molecule has 0 bridgehead atoms. The molecule has 2 unspecified atom stereocenters. The molecule has 1 amide bonds. The van der Waals surface area contributed by atoms with Crippen LogP contribution in [0.25, 0.3) is 11.1 Å². The Kier molecular flexibility index (Phi) is 7.17. The van der Waals surface area contributed by atoms with Gasteiger partial charge >= 0.3 is 0 Å². The van der Waals surface area contributed by atoms with E-state index in [0.29, 0.717) is 59.3 Å². The molecule has 3 atom stereocenters. The van der Waals surface area contributed by atoms with Crippen molar-refractivity contribution in [1.82, 2.24) is 14.9 Å². The van der Waals surface area contributed by atoms with Crippen LogP contribution in [0.2, 0.25) is 5.02 Å². The van der Waals surface area contributed by atoms with Gasteiger partial charge in [-0.2, -0.15) is 0 Å². The van der Waals surface area contributed by atoms with E-state index in [1.807, 2.05) is 19.9 Å². The van der Waals surface area contributed by atoms with Crippen molar-refractivity contribution in [3.63, 3.8) is 0 Å². The molecule has 0 radical (unpaired) electrons. The van der Waals surface area contributed by atoms with Gasteiger partial charge in [0.05, 0.1) is 25.9 Å². The van der Waals surface area contributed by atoms with E-state index in [2.05, 4.69) is 9.97 Å². The summed E-state index contributed by atoms with van der Waals surface area (Å²) in [7, 11) is 1.53. The second kappa shape index (κ2) is 10.1. The Balaban J connectivity index is 1.60. The molecule has 9 heteroatoms. The predicted molar refractivity (Wildman–Crippen MR) is 124 cm³/mol. The Morgan fingerprint density at radius 3 is 2.91 bits per heavy atom. The highest BCUT2D eigenvalue weighted by Crippen LogP contribution is 2.32. The fourth-order valence-electron chi connectivity index (χ4n) is 4.29. The summed E-state index contributed by atoms with van der Waals surface area (Å²) in [4.78, 5) is 24.0. The van der Waals surface area contributed by atoms with Crippen molar-refractivity contribution in [3.8, 4) is 5.75 Å². The highest BCUT2D eigenvalue weighted by molar-refractivity contribution is 6.30. The molecule has 2 aromatic heterocycles. The van der Waals surface area contributed by atoms with E-state index in [9.17, 15) is 9.90 Å². The maximum atomic E-state index is 13.3. The number of carbonyl (C=O) groups is 1. The van der Waals surface area contributed by atoms with Gasteiger partial charge in [0.1, 0.15) is 5.52 Å². The first-order valence-electron chi connectivity index (χ1n) is 11.1. The first-order valence-corrected chi connectivity index (χ1v) is 11.4. The van der Waals surface area contributed by atoms with Crippen molar-refractivity contribution in [2.45, 2.75) is 44.8 Å². The summed E-state index contributed by atoms with van der Waals surface area (Å²) in [5.74, 6) is 0.795. The average Bonchev–Trinajstić information content (AvgIpc) is 3.41. The van der Waals surface area contributed by atoms with Gasteiger partial charge in [-0.05, 0) is 37.6 Å². The highest BCUT2D eigenvalue weighted by Gasteiger charge is 2.36. The largest absolute Gasteiger partial charge is 0.493 e. The number of hydrogen-bond acceptors (Lipinski definition) is 7. The number of benzene rings is 1. The van der Waals surface area contributed by atoms with Crippen LogP contribution in [0.1, 0.15) is 48.1 Å². The van der Waals surface area contributed by atoms with Crippen LogP contribution in [0.15, 0.2) is 34.9 Å². The molecule has 1 saturated heterocycles. The summed E-state index contributed by atoms with van der Waals surface area (Å²) < 4.78 is 17.2. The van der Waals surface area contributed by atoms with Crippen molar-refractivity contribution in [2.24, 2.45) is 0 Å². The zero-order valence-electron chi connectivity index (χ0n) is 19.0. The zero-order chi connectivity index (χ0) is 23.5. The van der Waals surface area contributed by atoms with Gasteiger partial charge < -0.3 is 23.9 Å². The number of hydrogen-bond donors (Lipinski definition) is 1. The Hall–Kier alpha value is -2.68. The van der Waals surface area contributed by atoms with Crippen LogP contribution in [0.5, 0.6) is 5.75 Å². The van der Waals surface area contributed by atoms with Crippen molar-refractivity contribution in [1.29, 1.82) is 0 Å². The van der Waals surface area contributed by atoms with Crippen LogP contribution in [0, 0.1) is 0 Å². The van der Waals surface area contributed by atoms with Crippen LogP contribution in [-0.4, -0.2) is 64.9 Å². The third-order valence-corrected chi connectivity index (χ3v) is 6.18. The third-order valence-electron chi connectivity index (χ3n) is 5.95. The summed E-state index contributed by atoms with van der Waals surface area (Å²) in [5, 5.41) is 10.4. The zero-order valence-corrected chi connectivity index (χ0v) is 19.7. The minimum absolute atomic E-state index is 0.0364. The second-order valence-corrected chi connectivity index (χ2v) is 8.68. The van der Waals surface area contributed by atoms with E-state index >= 15 is 0 Å². The maximum Gasteiger partial charge on any atom is 0.254 e. The number of likely N-dealkylation sites (tertiary alicyclic amines) is 1. The van der Waals surface area contributed by atoms with Gasteiger partial charge in [0, 0.05) is 48.0 Å². The van der Waals surface area contributed by atoms with Crippen LogP contribution in [-0.2, 0) is 11.2 Å². The number of pyridine rings is 1. The van der Waals surface area contributed by atoms with Gasteiger partial charge in [-0.25, -0.2) is 4.98 Å². The molecule has 0 aliphatic carbocycles. The molecule has 0 spiro atoms. The number of oxazole rings is 1. The van der Waals surface area contributed by atoms with Crippen LogP contribution >= 0.6 is 11.6 Å². The van der Waals surface area contributed by atoms with Crippen molar-refractivity contribution < 1.29 is 23.8 Å². The smallest absolute Gasteiger partial charge is 0.254 e. The molecule has 1 aromatic carbocycles. The van der Waals surface area contributed by atoms with E-state index < -0.39 is 0 Å². The lowest BCUT2D eigenvalue weighted by atomic mass is 10.0. The van der Waals surface area contributed by atoms with Gasteiger partial charge in [-0.1, -0.05) is 18.5 Å². The third kappa shape index (κ3) is 4.98. The molecule has 3 heterocycles. The Morgan fingerprint density at radius 2 is 2.21 bits per heavy atom. The topological polar surface area (TPSA) is 97.9 Å². The molecule has 0 saturated carbocycles. The Morgan fingerprint density at radius 1 is 1.39 bits per heavy atom. The maximum absolute atomic E-state index is 13.3. The van der Waals surface area contributed by atoms with Gasteiger partial charge in [0.2, 0.25) is 0 Å². The summed E-state index contributed by atoms with van der Waals surface area (Å²) in [6.07, 6.45) is 2.72. The minimum Gasteiger partial charge on any atom is -0.493 e. The molecule has 1 aliphatic heterocycles. The average molecular weight is 474 g/mol. The molecule has 33 heavy (non-hydrogen) atoms. The monoisotopic (exact) mass is 473 g/mol. The number of fused-ring (bicyclic) bond motifs is 1. The molecular weight excluding hydrogens is 446 g/mol. The molecule has 1 aliphatic rings. The van der Waals surface area contributed by atoms with E-state index in [-0.39, 0.29) is 30.6 Å². The molecule has 1 fully saturated rings. The van der Waals surface area contributed by atoms with Crippen molar-refractivity contribution in [2.75, 3.05) is 26.9 Å². The number of methoxy groups -OCH3 is 1. The van der Waals surface area contributed by atoms with E-state index in [4.69, 9.17) is 25.5 Å². The van der Waals surface area contributed by atoms with E-state index in [1.54, 1.807) is 29.3 Å². The standard InChI is InChI=1S/C24H28ClN3O5/c1-4-32-18-11-17(13-29)28(12-18)24(30)15-8-20-23(21(9-15)31-3)33-22(27-20)7-14(2)19-10-16(25)5-6-26-19/h5-6,8-10,14,17-18,29H,4,7,11-13H2,1-3H3/t14?,17?,18-/m1/s1. The lowest BCUT2D eigenvalue weighted by molar-refractivity contribution is 0.0579. The summed E-state index contributed by atoms with van der Waals surface area (Å²) in [5.41, 5.74) is 2.31. The molecule has 4 rings (SSSR count). The summed E-state index contributed by atoms with van der Waals surface area (Å²) >= 11 is 6.09. The van der Waals surface area contributed by atoms with Crippen LogP contribution < -0.4 is 4.74 Å². The van der Waals surface area contributed by atoms with Crippen molar-refractivity contribution >= 4 is 28.6 Å². The number of aromatic nitrogens is 2. The minimum atomic E-state index is -0.283. The number of nitrogens with zero attached hydrogens (tertiary/aromatic N) is 3. The normalized spacial score (nSPS) is 19.2. The van der Waals surface area contributed by atoms with Crippen LogP contribution in [0.3, 0.4) is 0 Å². The Labute approximate surface area is 197 Å². The second-order valence-electron chi connectivity index (χ2n) is 8.25. The number of amides is 1. The van der Waals surface area contributed by atoms with Crippen LogP contribution in [0.4, 0.5) is 0 Å². The lowest BCUT2D eigenvalue weighted by Crippen LogP contribution is -2.38. The predicted octanol–water partition coefficient (Wildman–Crippen LogP) is 3.84. The lowest BCUT2D eigenvalue weighted by Gasteiger charge is -2.23. The van der Waals surface area contributed by atoms with Gasteiger partial charge in [0.15, 0.2) is 17.2 Å². The number of rotatable bonds is 8. The van der Waals surface area contributed by atoms with Crippen molar-refractivity contribution in [3.05, 3.63) is 52.6 Å². The number of carbonyl (C=O) groups excluding carboxylic acids is 1. The number of ether oxygens (including phenoxy) is 2. The number of aliphatic hydroxyl groups excluding tert-OH is 1. The number of halogens is 1. The highest BCUT2D eigenvalue weighted by atomic mass is 35.5. The molecule has 176 valence electrons. The Bertz CT molecular complexity index is 1130. The molecule has 8 nitrogen and oxygen atoms in total. The summed E-state index contributed by atoms with van der Waals surface area (Å²) in [6, 6.07) is 6.64. The van der Waals surface area contributed by atoms with Gasteiger partial charge in [0.25, 0.3) is 5.91 Å². The SMILES string of the molecule is CCO[C@@H]1CC(CO)N(C(=O)c2cc(OC)c3oc(CC(C)c4cc(Cl)ccn4)nc3c2)C1. The van der Waals surface area contributed by atoms with Gasteiger partial charge in [-0.3, -0.25) is 9.78 Å². The molecule has 3 aromatic rings. The fraction of sp³-hybridized carbons (Fsp3) is 0.458. The van der Waals surface area contributed by atoms with E-state index in [1.165, 1.54) is 7.11 Å². The first-order chi connectivity index (χ1) is 15.9. The molecule has 1 N–H and O–H groups in total. The van der Waals surface area contributed by atoms with Gasteiger partial charge in [-0.15, -0.1) is 0 Å².